The number of aliphatic hydroxyl groups excluding tert-OH is 1. The van der Waals surface area contributed by atoms with Gasteiger partial charge in [0.15, 0.2) is 5.76 Å². The van der Waals surface area contributed by atoms with Gasteiger partial charge in [0, 0.05) is 6.07 Å². The molecule has 5 nitrogen and oxygen atoms in total. The van der Waals surface area contributed by atoms with Gasteiger partial charge in [0.25, 0.3) is 0 Å². The van der Waals surface area contributed by atoms with E-state index in [4.69, 9.17) is 9.26 Å². The molecule has 0 aliphatic carbocycles. The van der Waals surface area contributed by atoms with E-state index in [2.05, 4.69) is 21.1 Å². The van der Waals surface area contributed by atoms with Gasteiger partial charge in [-0.05, 0) is 22.4 Å². The monoisotopic (exact) mass is 277 g/mol. The van der Waals surface area contributed by atoms with Gasteiger partial charge in [0.1, 0.15) is 4.60 Å². The molecule has 15 heavy (non-hydrogen) atoms. The van der Waals surface area contributed by atoms with Crippen molar-refractivity contribution >= 4 is 21.9 Å². The van der Waals surface area contributed by atoms with Crippen LogP contribution >= 0.6 is 15.9 Å². The number of unbranched alkanes of at least 4 members (excludes halogenated alkanes) is 1. The first-order chi connectivity index (χ1) is 7.15. The number of halogens is 1. The minimum Gasteiger partial charge on any atom is -0.463 e. The molecule has 0 amide bonds. The van der Waals surface area contributed by atoms with E-state index in [1.165, 1.54) is 6.07 Å². The summed E-state index contributed by atoms with van der Waals surface area (Å²) in [7, 11) is 0. The summed E-state index contributed by atoms with van der Waals surface area (Å²) < 4.78 is 9.95. The van der Waals surface area contributed by atoms with Crippen LogP contribution in [0.1, 0.15) is 31.6 Å². The van der Waals surface area contributed by atoms with Crippen LogP contribution in [0.2, 0.25) is 0 Å². The topological polar surface area (TPSA) is 72.6 Å². The van der Waals surface area contributed by atoms with Crippen LogP contribution in [0, 0.1) is 0 Å². The van der Waals surface area contributed by atoms with Crippen molar-refractivity contribution in [1.82, 2.24) is 5.16 Å². The Bertz CT molecular complexity index is 326. The second-order valence-corrected chi connectivity index (χ2v) is 3.79. The van der Waals surface area contributed by atoms with Crippen LogP contribution in [0.5, 0.6) is 0 Å². The lowest BCUT2D eigenvalue weighted by molar-refractivity contribution is -0.155. The van der Waals surface area contributed by atoms with Gasteiger partial charge in [0.2, 0.25) is 6.10 Å². The number of carbonyl (C=O) groups excluding carboxylic acids is 1. The fraction of sp³-hybridized carbons (Fsp3) is 0.556. The molecule has 1 unspecified atom stereocenters. The van der Waals surface area contributed by atoms with Crippen molar-refractivity contribution in [2.24, 2.45) is 0 Å². The summed E-state index contributed by atoms with van der Waals surface area (Å²) in [6.45, 7) is 2.29. The maximum Gasteiger partial charge on any atom is 0.343 e. The predicted molar refractivity (Wildman–Crippen MR) is 55.0 cm³/mol. The lowest BCUT2D eigenvalue weighted by Crippen LogP contribution is -2.15. The maximum absolute atomic E-state index is 11.3. The third-order valence-electron chi connectivity index (χ3n) is 1.73. The zero-order valence-electron chi connectivity index (χ0n) is 8.27. The number of ether oxygens (including phenoxy) is 1. The first kappa shape index (κ1) is 12.2. The van der Waals surface area contributed by atoms with Crippen LogP contribution in [0.15, 0.2) is 15.2 Å². The van der Waals surface area contributed by atoms with Gasteiger partial charge >= 0.3 is 5.97 Å². The summed E-state index contributed by atoms with van der Waals surface area (Å²) in [6, 6.07) is 1.42. The molecular weight excluding hydrogens is 266 g/mol. The van der Waals surface area contributed by atoms with Gasteiger partial charge in [-0.15, -0.1) is 0 Å². The molecule has 1 atom stereocenters. The van der Waals surface area contributed by atoms with Crippen LogP contribution in [0.4, 0.5) is 0 Å². The maximum atomic E-state index is 11.3. The van der Waals surface area contributed by atoms with E-state index in [1.807, 2.05) is 6.92 Å². The summed E-state index contributed by atoms with van der Waals surface area (Å²) in [5, 5.41) is 13.0. The third kappa shape index (κ3) is 3.64. The molecule has 0 saturated carbocycles. The van der Waals surface area contributed by atoms with E-state index in [1.54, 1.807) is 0 Å². The number of carbonyl (C=O) groups is 1. The number of hydrogen-bond acceptors (Lipinski definition) is 5. The third-order valence-corrected chi connectivity index (χ3v) is 2.11. The first-order valence-corrected chi connectivity index (χ1v) is 5.41. The molecule has 1 aromatic heterocycles. The number of aliphatic hydroxyl groups is 1. The fourth-order valence-corrected chi connectivity index (χ4v) is 1.21. The highest BCUT2D eigenvalue weighted by Gasteiger charge is 2.23. The minimum atomic E-state index is -1.40. The molecule has 1 heterocycles. The highest BCUT2D eigenvalue weighted by Crippen LogP contribution is 2.18. The van der Waals surface area contributed by atoms with Crippen molar-refractivity contribution in [1.29, 1.82) is 0 Å². The molecule has 1 rings (SSSR count). The Morgan fingerprint density at radius 3 is 3.07 bits per heavy atom. The Balaban J connectivity index is 2.46. The number of nitrogens with zero attached hydrogens (tertiary/aromatic N) is 1. The Morgan fingerprint density at radius 1 is 1.80 bits per heavy atom. The van der Waals surface area contributed by atoms with Gasteiger partial charge in [-0.2, -0.15) is 0 Å². The molecule has 1 N–H and O–H groups in total. The average molecular weight is 278 g/mol. The molecular formula is C9H12BrNO4. The molecule has 0 fully saturated rings. The van der Waals surface area contributed by atoms with Crippen molar-refractivity contribution in [3.63, 3.8) is 0 Å². The van der Waals surface area contributed by atoms with Gasteiger partial charge in [-0.25, -0.2) is 4.79 Å². The van der Waals surface area contributed by atoms with Crippen molar-refractivity contribution < 1.29 is 19.2 Å². The lowest BCUT2D eigenvalue weighted by Gasteiger charge is -2.06. The lowest BCUT2D eigenvalue weighted by atomic mass is 10.3. The Kier molecular flexibility index (Phi) is 4.77. The van der Waals surface area contributed by atoms with Crippen LogP contribution in [0.3, 0.4) is 0 Å². The molecule has 0 aliphatic rings. The predicted octanol–water partition coefficient (Wildman–Crippen LogP) is 1.81. The number of aromatic nitrogens is 1. The summed E-state index contributed by atoms with van der Waals surface area (Å²) in [5.74, 6) is -0.643. The molecule has 0 spiro atoms. The molecule has 0 aromatic carbocycles. The van der Waals surface area contributed by atoms with Gasteiger partial charge in [0.05, 0.1) is 6.61 Å². The van der Waals surface area contributed by atoms with E-state index in [0.29, 0.717) is 11.2 Å². The molecule has 6 heteroatoms. The summed E-state index contributed by atoms with van der Waals surface area (Å²) >= 11 is 3.05. The summed E-state index contributed by atoms with van der Waals surface area (Å²) in [5.41, 5.74) is 0. The molecule has 0 saturated heterocycles. The van der Waals surface area contributed by atoms with Crippen LogP contribution in [-0.4, -0.2) is 22.8 Å². The normalized spacial score (nSPS) is 12.5. The van der Waals surface area contributed by atoms with Crippen LogP contribution in [-0.2, 0) is 9.53 Å². The average Bonchev–Trinajstić information content (AvgIpc) is 2.64. The fourth-order valence-electron chi connectivity index (χ4n) is 0.907. The Morgan fingerprint density at radius 2 is 2.53 bits per heavy atom. The zero-order valence-corrected chi connectivity index (χ0v) is 9.86. The molecule has 0 radical (unpaired) electrons. The second-order valence-electron chi connectivity index (χ2n) is 2.98. The molecule has 1 aromatic rings. The van der Waals surface area contributed by atoms with E-state index in [-0.39, 0.29) is 5.76 Å². The van der Waals surface area contributed by atoms with E-state index in [9.17, 15) is 9.90 Å². The molecule has 84 valence electrons. The van der Waals surface area contributed by atoms with Gasteiger partial charge in [-0.1, -0.05) is 18.5 Å². The standard InChI is InChI=1S/C9H12BrNO4/c1-2-3-4-14-9(13)8(12)6-5-7(10)11-15-6/h5,8,12H,2-4H2,1H3. The van der Waals surface area contributed by atoms with Crippen molar-refractivity contribution in [2.45, 2.75) is 25.9 Å². The Hall–Kier alpha value is -0.880. The number of hydrogen-bond donors (Lipinski definition) is 1. The second kappa shape index (κ2) is 5.87. The van der Waals surface area contributed by atoms with Crippen molar-refractivity contribution in [3.8, 4) is 0 Å². The van der Waals surface area contributed by atoms with Gasteiger partial charge in [-0.3, -0.25) is 0 Å². The van der Waals surface area contributed by atoms with Crippen molar-refractivity contribution in [2.75, 3.05) is 6.61 Å². The SMILES string of the molecule is CCCCOC(=O)C(O)c1cc(Br)no1. The highest BCUT2D eigenvalue weighted by atomic mass is 79.9. The minimum absolute atomic E-state index is 0.0726. The molecule has 0 aliphatic heterocycles. The highest BCUT2D eigenvalue weighted by molar-refractivity contribution is 9.10. The number of esters is 1. The quantitative estimate of drug-likeness (QED) is 0.657. The Labute approximate surface area is 95.5 Å². The van der Waals surface area contributed by atoms with Crippen LogP contribution < -0.4 is 0 Å². The zero-order chi connectivity index (χ0) is 11.3. The van der Waals surface area contributed by atoms with Crippen LogP contribution in [0.25, 0.3) is 0 Å². The van der Waals surface area contributed by atoms with Gasteiger partial charge < -0.3 is 14.4 Å². The largest absolute Gasteiger partial charge is 0.463 e. The number of rotatable bonds is 5. The van der Waals surface area contributed by atoms with E-state index < -0.39 is 12.1 Å². The summed E-state index contributed by atoms with van der Waals surface area (Å²) in [4.78, 5) is 11.3. The molecule has 0 bridgehead atoms. The first-order valence-electron chi connectivity index (χ1n) is 4.62. The van der Waals surface area contributed by atoms with E-state index >= 15 is 0 Å². The van der Waals surface area contributed by atoms with Crippen molar-refractivity contribution in [3.05, 3.63) is 16.4 Å². The summed E-state index contributed by atoms with van der Waals surface area (Å²) in [6.07, 6.45) is 0.302. The smallest absolute Gasteiger partial charge is 0.343 e. The van der Waals surface area contributed by atoms with E-state index in [0.717, 1.165) is 12.8 Å².